The molecule has 3 nitrogen and oxygen atoms in total. The van der Waals surface area contributed by atoms with Gasteiger partial charge in [-0.3, -0.25) is 4.79 Å². The number of alkyl halides is 3. The van der Waals surface area contributed by atoms with Crippen LogP contribution in [-0.4, -0.2) is 18.6 Å². The number of nitrogen functional groups attached to an aromatic ring is 1. The van der Waals surface area contributed by atoms with E-state index in [1.165, 1.54) is 13.0 Å². The lowest BCUT2D eigenvalue weighted by Crippen LogP contribution is -2.36. The van der Waals surface area contributed by atoms with Gasteiger partial charge in [0, 0.05) is 4.47 Å². The van der Waals surface area contributed by atoms with Gasteiger partial charge in [-0.2, -0.15) is 13.2 Å². The third-order valence-corrected chi connectivity index (χ3v) is 3.13. The van der Waals surface area contributed by atoms with Crippen molar-refractivity contribution in [3.8, 4) is 0 Å². The van der Waals surface area contributed by atoms with Crippen molar-refractivity contribution in [1.29, 1.82) is 0 Å². The monoisotopic (exact) mass is 342 g/mol. The number of nitrogens with two attached hydrogens (primary N) is 1. The molecule has 0 aliphatic rings. The molecule has 1 rings (SSSR count). The summed E-state index contributed by atoms with van der Waals surface area (Å²) in [6.07, 6.45) is -4.49. The molecule has 0 heterocycles. The molecule has 0 spiro atoms. The zero-order valence-electron chi connectivity index (χ0n) is 9.81. The van der Waals surface area contributed by atoms with Crippen LogP contribution in [0.15, 0.2) is 16.6 Å². The van der Waals surface area contributed by atoms with Crippen molar-refractivity contribution in [3.63, 3.8) is 0 Å². The minimum Gasteiger partial charge on any atom is -0.396 e. The Hall–Kier alpha value is -1.31. The molecule has 106 valence electrons. The predicted molar refractivity (Wildman–Crippen MR) is 66.0 cm³/mol. The third kappa shape index (κ3) is 4.38. The number of carbonyl (C=O) groups is 1. The number of hydrogen-bond acceptors (Lipinski definition) is 2. The van der Waals surface area contributed by atoms with Crippen molar-refractivity contribution in [1.82, 2.24) is 5.32 Å². The molecule has 0 saturated carbocycles. The van der Waals surface area contributed by atoms with Crippen LogP contribution in [0.5, 0.6) is 0 Å². The molecule has 8 heteroatoms. The van der Waals surface area contributed by atoms with E-state index in [9.17, 15) is 22.4 Å². The zero-order chi connectivity index (χ0) is 14.8. The van der Waals surface area contributed by atoms with Gasteiger partial charge in [0.1, 0.15) is 12.4 Å². The van der Waals surface area contributed by atoms with E-state index >= 15 is 0 Å². The summed E-state index contributed by atoms with van der Waals surface area (Å²) in [6.45, 7) is -0.0489. The molecule has 1 amide bonds. The van der Waals surface area contributed by atoms with E-state index in [1.807, 2.05) is 0 Å². The Labute approximate surface area is 115 Å². The van der Waals surface area contributed by atoms with E-state index in [-0.39, 0.29) is 11.3 Å². The number of halogens is 5. The lowest BCUT2D eigenvalue weighted by atomic mass is 10.00. The van der Waals surface area contributed by atoms with E-state index in [0.717, 1.165) is 6.07 Å². The fraction of sp³-hybridized carbons (Fsp3) is 0.364. The van der Waals surface area contributed by atoms with Gasteiger partial charge in [-0.05, 0) is 24.6 Å². The second kappa shape index (κ2) is 5.77. The average Bonchev–Trinajstić information content (AvgIpc) is 2.29. The van der Waals surface area contributed by atoms with Gasteiger partial charge in [0.05, 0.1) is 11.6 Å². The quantitative estimate of drug-likeness (QED) is 0.655. The molecular weight excluding hydrogens is 332 g/mol. The Morgan fingerprint density at radius 1 is 1.47 bits per heavy atom. The number of anilines is 1. The fourth-order valence-electron chi connectivity index (χ4n) is 1.39. The van der Waals surface area contributed by atoms with Crippen LogP contribution in [0.4, 0.5) is 23.2 Å². The van der Waals surface area contributed by atoms with Crippen molar-refractivity contribution in [2.24, 2.45) is 0 Å². The number of nitrogens with one attached hydrogen (secondary N) is 1. The molecule has 1 aromatic rings. The minimum absolute atomic E-state index is 0.112. The summed E-state index contributed by atoms with van der Waals surface area (Å²) in [5.41, 5.74) is 5.44. The SMILES string of the molecule is C[C@@H](C(=O)NCC(F)(F)F)c1cc(F)c(N)cc1Br. The molecule has 3 N–H and O–H groups in total. The number of carbonyl (C=O) groups excluding carboxylic acids is 1. The molecule has 0 fully saturated rings. The Kier molecular flexibility index (Phi) is 4.78. The summed E-state index contributed by atoms with van der Waals surface area (Å²) < 4.78 is 49.6. The first-order chi connectivity index (χ1) is 8.61. The molecule has 0 radical (unpaired) electrons. The molecule has 0 aliphatic carbocycles. The molecule has 0 aliphatic heterocycles. The smallest absolute Gasteiger partial charge is 0.396 e. The maximum absolute atomic E-state index is 13.3. The van der Waals surface area contributed by atoms with Crippen molar-refractivity contribution in [2.75, 3.05) is 12.3 Å². The average molecular weight is 343 g/mol. The van der Waals surface area contributed by atoms with Crippen LogP contribution in [0.2, 0.25) is 0 Å². The van der Waals surface area contributed by atoms with Crippen LogP contribution < -0.4 is 11.1 Å². The van der Waals surface area contributed by atoms with Gasteiger partial charge >= 0.3 is 6.18 Å². The highest BCUT2D eigenvalue weighted by atomic mass is 79.9. The third-order valence-electron chi connectivity index (χ3n) is 2.44. The Balaban J connectivity index is 2.85. The summed E-state index contributed by atoms with van der Waals surface area (Å²) in [6, 6.07) is 2.29. The minimum atomic E-state index is -4.49. The maximum Gasteiger partial charge on any atom is 0.405 e. The van der Waals surface area contributed by atoms with Crippen molar-refractivity contribution >= 4 is 27.5 Å². The van der Waals surface area contributed by atoms with Gasteiger partial charge in [-0.25, -0.2) is 4.39 Å². The first-order valence-electron chi connectivity index (χ1n) is 5.20. The number of amides is 1. The Morgan fingerprint density at radius 2 is 2.05 bits per heavy atom. The summed E-state index contributed by atoms with van der Waals surface area (Å²) in [5.74, 6) is -2.51. The van der Waals surface area contributed by atoms with Gasteiger partial charge in [0.25, 0.3) is 0 Å². The second-order valence-corrected chi connectivity index (χ2v) is 4.80. The highest BCUT2D eigenvalue weighted by Crippen LogP contribution is 2.29. The predicted octanol–water partition coefficient (Wildman–Crippen LogP) is 2.95. The van der Waals surface area contributed by atoms with Crippen LogP contribution in [0.25, 0.3) is 0 Å². The highest BCUT2D eigenvalue weighted by molar-refractivity contribution is 9.10. The van der Waals surface area contributed by atoms with Crippen LogP contribution in [-0.2, 0) is 4.79 Å². The van der Waals surface area contributed by atoms with Gasteiger partial charge in [-0.1, -0.05) is 15.9 Å². The van der Waals surface area contributed by atoms with E-state index in [1.54, 1.807) is 5.32 Å². The Bertz CT molecular complexity index is 490. The van der Waals surface area contributed by atoms with E-state index < -0.39 is 30.4 Å². The lowest BCUT2D eigenvalue weighted by Gasteiger charge is -2.16. The summed E-state index contributed by atoms with van der Waals surface area (Å²) >= 11 is 3.09. The van der Waals surface area contributed by atoms with Crippen LogP contribution in [0.3, 0.4) is 0 Å². The van der Waals surface area contributed by atoms with Crippen molar-refractivity contribution in [2.45, 2.75) is 19.0 Å². The number of benzene rings is 1. The number of rotatable bonds is 3. The summed E-state index contributed by atoms with van der Waals surface area (Å²) in [7, 11) is 0. The molecule has 1 atom stereocenters. The molecule has 0 bridgehead atoms. The lowest BCUT2D eigenvalue weighted by molar-refractivity contribution is -0.139. The van der Waals surface area contributed by atoms with E-state index in [0.29, 0.717) is 4.47 Å². The van der Waals surface area contributed by atoms with Crippen molar-refractivity contribution in [3.05, 3.63) is 28.0 Å². The second-order valence-electron chi connectivity index (χ2n) is 3.95. The van der Waals surface area contributed by atoms with Crippen LogP contribution in [0.1, 0.15) is 18.4 Å². The van der Waals surface area contributed by atoms with Crippen LogP contribution in [0, 0.1) is 5.82 Å². The van der Waals surface area contributed by atoms with E-state index in [4.69, 9.17) is 5.73 Å². The van der Waals surface area contributed by atoms with Crippen LogP contribution >= 0.6 is 15.9 Å². The summed E-state index contributed by atoms with van der Waals surface area (Å²) in [4.78, 5) is 11.6. The van der Waals surface area contributed by atoms with Gasteiger partial charge < -0.3 is 11.1 Å². The fourth-order valence-corrected chi connectivity index (χ4v) is 2.10. The van der Waals surface area contributed by atoms with Gasteiger partial charge in [0.2, 0.25) is 5.91 Å². The van der Waals surface area contributed by atoms with Gasteiger partial charge in [-0.15, -0.1) is 0 Å². The molecule has 0 unspecified atom stereocenters. The Morgan fingerprint density at radius 3 is 2.58 bits per heavy atom. The maximum atomic E-state index is 13.3. The van der Waals surface area contributed by atoms with Crippen molar-refractivity contribution < 1.29 is 22.4 Å². The molecule has 0 aromatic heterocycles. The highest BCUT2D eigenvalue weighted by Gasteiger charge is 2.29. The van der Waals surface area contributed by atoms with E-state index in [2.05, 4.69) is 15.9 Å². The molecule has 1 aromatic carbocycles. The molecule has 19 heavy (non-hydrogen) atoms. The largest absolute Gasteiger partial charge is 0.405 e. The topological polar surface area (TPSA) is 55.1 Å². The summed E-state index contributed by atoms with van der Waals surface area (Å²) in [5, 5.41) is 1.74. The number of hydrogen-bond donors (Lipinski definition) is 2. The first kappa shape index (κ1) is 15.7. The molecule has 0 saturated heterocycles. The standard InChI is InChI=1S/C11H11BrF4N2O/c1-5(10(19)18-4-11(14,15)16)6-2-8(13)9(17)3-7(6)12/h2-3,5H,4,17H2,1H3,(H,18,19)/t5-/m1/s1. The first-order valence-corrected chi connectivity index (χ1v) is 6.00. The molecular formula is C11H11BrF4N2O. The normalized spacial score (nSPS) is 13.2. The zero-order valence-corrected chi connectivity index (χ0v) is 11.4. The van der Waals surface area contributed by atoms with Gasteiger partial charge in [0.15, 0.2) is 0 Å².